The molecule has 1 aromatic rings. The summed E-state index contributed by atoms with van der Waals surface area (Å²) in [7, 11) is 0. The van der Waals surface area contributed by atoms with Crippen LogP contribution in [0.1, 0.15) is 65.0 Å². The molecule has 1 rings (SSSR count). The molecule has 3 nitrogen and oxygen atoms in total. The van der Waals surface area contributed by atoms with Crippen molar-refractivity contribution in [3.8, 4) is 0 Å². The zero-order valence-electron chi connectivity index (χ0n) is 15.8. The summed E-state index contributed by atoms with van der Waals surface area (Å²) in [6, 6.07) is 8.55. The van der Waals surface area contributed by atoms with Gasteiger partial charge in [-0.3, -0.25) is 0 Å². The van der Waals surface area contributed by atoms with Crippen LogP contribution in [0.15, 0.2) is 24.3 Å². The van der Waals surface area contributed by atoms with Crippen molar-refractivity contribution in [2.75, 3.05) is 22.7 Å². The van der Waals surface area contributed by atoms with E-state index in [1.54, 1.807) is 0 Å². The van der Waals surface area contributed by atoms with E-state index in [-0.39, 0.29) is 6.04 Å². The Morgan fingerprint density at radius 1 is 1.04 bits per heavy atom. The maximum atomic E-state index is 6.61. The van der Waals surface area contributed by atoms with E-state index in [2.05, 4.69) is 52.0 Å². The molecule has 0 radical (unpaired) electrons. The third-order valence-corrected chi connectivity index (χ3v) is 17.5. The number of thioether (sulfide) groups is 1. The number of hydrogen-bond acceptors (Lipinski definition) is 4. The Labute approximate surface area is 158 Å². The molecule has 0 saturated carbocycles. The Morgan fingerprint density at radius 2 is 1.62 bits per heavy atom. The first-order valence-corrected chi connectivity index (χ1v) is 16.2. The molecule has 0 saturated heterocycles. The van der Waals surface area contributed by atoms with Gasteiger partial charge in [-0.2, -0.15) is 0 Å². The van der Waals surface area contributed by atoms with Gasteiger partial charge < -0.3 is 0 Å². The van der Waals surface area contributed by atoms with Crippen molar-refractivity contribution in [2.24, 2.45) is 5.73 Å². The van der Waals surface area contributed by atoms with Crippen LogP contribution in [0.2, 0.25) is 0 Å². The van der Waals surface area contributed by atoms with Gasteiger partial charge in [-0.15, -0.1) is 0 Å². The molecule has 1 atom stereocenters. The van der Waals surface area contributed by atoms with Crippen LogP contribution in [0.3, 0.4) is 0 Å². The quantitative estimate of drug-likeness (QED) is 0.353. The number of hydrogen-bond donors (Lipinski definition) is 1. The van der Waals surface area contributed by atoms with Crippen LogP contribution in [-0.2, 0) is 6.15 Å². The minimum atomic E-state index is -3.41. The third-order valence-electron chi connectivity index (χ3n) is 4.02. The fourth-order valence-corrected chi connectivity index (χ4v) is 17.2. The van der Waals surface area contributed by atoms with Crippen LogP contribution in [0.25, 0.3) is 0 Å². The van der Waals surface area contributed by atoms with E-state index < -0.39 is 19.2 Å². The molecule has 0 amide bonds. The van der Waals surface area contributed by atoms with E-state index in [4.69, 9.17) is 11.9 Å². The Morgan fingerprint density at radius 3 is 2.12 bits per heavy atom. The second-order valence-electron chi connectivity index (χ2n) is 6.17. The second-order valence-corrected chi connectivity index (χ2v) is 17.4. The van der Waals surface area contributed by atoms with Crippen molar-refractivity contribution in [1.29, 1.82) is 0 Å². The van der Waals surface area contributed by atoms with E-state index in [0.717, 1.165) is 48.4 Å². The number of rotatable bonds is 13. The number of nitrogens with two attached hydrogens (primary N) is 1. The van der Waals surface area contributed by atoms with Gasteiger partial charge in [-0.1, -0.05) is 0 Å². The summed E-state index contributed by atoms with van der Waals surface area (Å²) < 4.78 is 15.5. The molecule has 0 aliphatic heterocycles. The molecule has 0 spiro atoms. The molecule has 0 fully saturated rings. The van der Waals surface area contributed by atoms with Gasteiger partial charge in [0.05, 0.1) is 0 Å². The molecule has 1 unspecified atom stereocenters. The van der Waals surface area contributed by atoms with Crippen LogP contribution >= 0.6 is 11.8 Å². The zero-order valence-corrected chi connectivity index (χ0v) is 19.5. The molecule has 138 valence electrons. The predicted octanol–water partition coefficient (Wildman–Crippen LogP) is 4.28. The zero-order chi connectivity index (χ0) is 17.8. The van der Waals surface area contributed by atoms with Gasteiger partial charge in [0.1, 0.15) is 0 Å². The van der Waals surface area contributed by atoms with Crippen LogP contribution in [0, 0.1) is 0 Å². The molecule has 1 aromatic carbocycles. The topological polar surface area (TPSA) is 44.5 Å². The molecule has 24 heavy (non-hydrogen) atoms. The third kappa shape index (κ3) is 6.87. The first kappa shape index (κ1) is 22.3. The van der Waals surface area contributed by atoms with Crippen molar-refractivity contribution in [2.45, 2.75) is 59.4 Å². The van der Waals surface area contributed by atoms with Crippen molar-refractivity contribution in [1.82, 2.24) is 0 Å². The maximum absolute atomic E-state index is 6.61. The van der Waals surface area contributed by atoms with E-state index in [1.807, 2.05) is 11.8 Å². The van der Waals surface area contributed by atoms with Gasteiger partial charge in [-0.05, 0) is 0 Å². The normalized spacial score (nSPS) is 13.2. The second kappa shape index (κ2) is 12.6. The van der Waals surface area contributed by atoms with Crippen molar-refractivity contribution in [3.63, 3.8) is 0 Å². The van der Waals surface area contributed by atoms with Gasteiger partial charge in [0.15, 0.2) is 0 Å². The SMILES string of the molecule is CCCC[O][Sn]([CH2]SCC)([O]CCCC)[c]1ccccc1C(C)N. The van der Waals surface area contributed by atoms with Crippen LogP contribution in [-0.4, -0.2) is 41.9 Å². The first-order valence-electron chi connectivity index (χ1n) is 9.31. The summed E-state index contributed by atoms with van der Waals surface area (Å²) in [5.74, 6) is 1.09. The van der Waals surface area contributed by atoms with E-state index in [9.17, 15) is 0 Å². The number of unbranched alkanes of at least 4 members (excludes halogenated alkanes) is 2. The van der Waals surface area contributed by atoms with E-state index in [1.165, 1.54) is 9.14 Å². The predicted molar refractivity (Wildman–Crippen MR) is 109 cm³/mol. The summed E-state index contributed by atoms with van der Waals surface area (Å²) >= 11 is -1.46. The molecule has 2 N–H and O–H groups in total. The monoisotopic (exact) mass is 461 g/mol. The summed E-state index contributed by atoms with van der Waals surface area (Å²) in [5.41, 5.74) is 7.47. The van der Waals surface area contributed by atoms with Gasteiger partial charge in [0.2, 0.25) is 0 Å². The summed E-state index contributed by atoms with van der Waals surface area (Å²) in [5, 5.41) is 0. The van der Waals surface area contributed by atoms with Gasteiger partial charge in [0.25, 0.3) is 0 Å². The van der Waals surface area contributed by atoms with Gasteiger partial charge in [0, 0.05) is 0 Å². The van der Waals surface area contributed by atoms with Crippen LogP contribution in [0.5, 0.6) is 0 Å². The van der Waals surface area contributed by atoms with Gasteiger partial charge >= 0.3 is 158 Å². The fourth-order valence-electron chi connectivity index (χ4n) is 2.60. The molecular weight excluding hydrogens is 425 g/mol. The molecule has 0 bridgehead atoms. The Kier molecular flexibility index (Phi) is 11.7. The average Bonchev–Trinajstić information content (AvgIpc) is 2.59. The first-order chi connectivity index (χ1) is 11.6. The van der Waals surface area contributed by atoms with Gasteiger partial charge in [-0.25, -0.2) is 0 Å². The minimum absolute atomic E-state index is 0.00783. The molecule has 0 aliphatic rings. The molecule has 0 aromatic heterocycles. The summed E-state index contributed by atoms with van der Waals surface area (Å²) in [4.78, 5) is 0. The summed E-state index contributed by atoms with van der Waals surface area (Å²) in [6.07, 6.45) is 4.47. The van der Waals surface area contributed by atoms with Crippen molar-refractivity contribution in [3.05, 3.63) is 29.8 Å². The molecule has 0 aliphatic carbocycles. The van der Waals surface area contributed by atoms with Crippen LogP contribution in [0.4, 0.5) is 0 Å². The summed E-state index contributed by atoms with van der Waals surface area (Å²) in [6.45, 7) is 10.3. The van der Waals surface area contributed by atoms with Crippen LogP contribution < -0.4 is 9.31 Å². The standard InChI is InChI=1S/C8H10N.2C4H9O.C3H7S.Sn/c1-7(9)8-5-3-2-4-6-8;2*1-2-3-4-5;1-3-4-2;/h2-5,7H,9H2,1H3;2*2-4H2,1H3;2-3H2,1H3;/q;2*-1;;+2. The molecular formula is C19H35NO2SSn. The molecule has 5 heteroatoms. The Balaban J connectivity index is 3.19. The van der Waals surface area contributed by atoms with E-state index >= 15 is 0 Å². The Hall–Kier alpha value is 0.249. The number of benzene rings is 1. The molecule has 0 heterocycles. The van der Waals surface area contributed by atoms with Crippen molar-refractivity contribution >= 4 is 34.5 Å². The van der Waals surface area contributed by atoms with Crippen molar-refractivity contribution < 1.29 is 6.15 Å². The van der Waals surface area contributed by atoms with E-state index in [0.29, 0.717) is 0 Å². The fraction of sp³-hybridized carbons (Fsp3) is 0.684. The average molecular weight is 460 g/mol. The Bertz CT molecular complexity index is 447.